The minimum absolute atomic E-state index is 0.0305. The molecule has 0 radical (unpaired) electrons. The molecule has 1 atom stereocenters. The molecule has 1 aromatic carbocycles. The number of methoxy groups -OCH3 is 1. The number of anilines is 1. The lowest BCUT2D eigenvalue weighted by atomic mass is 10.1. The molecular weight excluding hydrogens is 274 g/mol. The summed E-state index contributed by atoms with van der Waals surface area (Å²) in [5.41, 5.74) is 6.56. The van der Waals surface area contributed by atoms with Gasteiger partial charge in [0.2, 0.25) is 0 Å². The highest BCUT2D eigenvalue weighted by atomic mass is 32.1. The fraction of sp³-hybridized carbons (Fsp3) is 0.357. The molecule has 5 nitrogen and oxygen atoms in total. The molecule has 2 aromatic rings. The number of fused-ring (bicyclic) bond motifs is 3. The summed E-state index contributed by atoms with van der Waals surface area (Å²) in [6.07, 6.45) is 0.822. The predicted octanol–water partition coefficient (Wildman–Crippen LogP) is 1.78. The van der Waals surface area contributed by atoms with Crippen LogP contribution in [-0.4, -0.2) is 32.1 Å². The van der Waals surface area contributed by atoms with Gasteiger partial charge in [0, 0.05) is 29.2 Å². The number of hydrogen-bond donors (Lipinski definition) is 3. The quantitative estimate of drug-likeness (QED) is 0.788. The van der Waals surface area contributed by atoms with E-state index in [0.29, 0.717) is 11.4 Å². The Morgan fingerprint density at radius 3 is 3.10 bits per heavy atom. The third-order valence-corrected chi connectivity index (χ3v) is 4.69. The van der Waals surface area contributed by atoms with Gasteiger partial charge in [0.1, 0.15) is 10.6 Å². The van der Waals surface area contributed by atoms with Gasteiger partial charge in [0.25, 0.3) is 5.91 Å². The molecule has 4 N–H and O–H groups in total. The van der Waals surface area contributed by atoms with Crippen molar-refractivity contribution in [2.24, 2.45) is 5.73 Å². The van der Waals surface area contributed by atoms with Gasteiger partial charge in [-0.25, -0.2) is 0 Å². The molecule has 6 heteroatoms. The lowest BCUT2D eigenvalue weighted by Crippen LogP contribution is -2.42. The topological polar surface area (TPSA) is 76.4 Å². The highest BCUT2D eigenvalue weighted by Crippen LogP contribution is 2.38. The molecule has 1 amide bonds. The number of nitrogens with two attached hydrogens (primary N) is 1. The van der Waals surface area contributed by atoms with Gasteiger partial charge in [-0.2, -0.15) is 0 Å². The van der Waals surface area contributed by atoms with Gasteiger partial charge in [-0.1, -0.05) is 0 Å². The van der Waals surface area contributed by atoms with E-state index in [0.717, 1.165) is 34.5 Å². The van der Waals surface area contributed by atoms with E-state index in [1.165, 1.54) is 11.3 Å². The summed E-state index contributed by atoms with van der Waals surface area (Å²) in [5, 5.41) is 7.40. The minimum Gasteiger partial charge on any atom is -0.497 e. The monoisotopic (exact) mass is 291 g/mol. The first-order valence-electron chi connectivity index (χ1n) is 6.58. The van der Waals surface area contributed by atoms with Crippen molar-refractivity contribution in [3.63, 3.8) is 0 Å². The van der Waals surface area contributed by atoms with Crippen molar-refractivity contribution in [1.29, 1.82) is 0 Å². The molecule has 1 aromatic heterocycles. The molecule has 0 saturated heterocycles. The van der Waals surface area contributed by atoms with Crippen molar-refractivity contribution in [2.45, 2.75) is 12.5 Å². The molecule has 20 heavy (non-hydrogen) atoms. The van der Waals surface area contributed by atoms with Crippen molar-refractivity contribution < 1.29 is 9.53 Å². The van der Waals surface area contributed by atoms with Gasteiger partial charge in [0.05, 0.1) is 12.8 Å². The zero-order valence-corrected chi connectivity index (χ0v) is 12.0. The van der Waals surface area contributed by atoms with Gasteiger partial charge in [0.15, 0.2) is 0 Å². The second kappa shape index (κ2) is 5.30. The molecule has 106 valence electrons. The maximum atomic E-state index is 12.3. The predicted molar refractivity (Wildman–Crippen MR) is 81.8 cm³/mol. The zero-order valence-electron chi connectivity index (χ0n) is 11.2. The van der Waals surface area contributed by atoms with E-state index in [2.05, 4.69) is 10.6 Å². The van der Waals surface area contributed by atoms with Crippen molar-refractivity contribution in [3.8, 4) is 5.75 Å². The third kappa shape index (κ3) is 2.21. The summed E-state index contributed by atoms with van der Waals surface area (Å²) in [5.74, 6) is 0.741. The van der Waals surface area contributed by atoms with Crippen LogP contribution in [0, 0.1) is 0 Å². The minimum atomic E-state index is -0.0529. The molecule has 3 rings (SSSR count). The van der Waals surface area contributed by atoms with Crippen LogP contribution in [0.4, 0.5) is 5.69 Å². The number of benzene rings is 1. The Balaban J connectivity index is 2.09. The molecule has 0 bridgehead atoms. The van der Waals surface area contributed by atoms with Crippen LogP contribution in [0.1, 0.15) is 16.1 Å². The summed E-state index contributed by atoms with van der Waals surface area (Å²) in [7, 11) is 1.64. The van der Waals surface area contributed by atoms with E-state index in [1.807, 2.05) is 18.2 Å². The number of hydrogen-bond acceptors (Lipinski definition) is 5. The molecule has 1 aliphatic heterocycles. The van der Waals surface area contributed by atoms with Crippen LogP contribution in [0.3, 0.4) is 0 Å². The van der Waals surface area contributed by atoms with E-state index >= 15 is 0 Å². The van der Waals surface area contributed by atoms with E-state index in [4.69, 9.17) is 10.5 Å². The number of carbonyl (C=O) groups is 1. The number of thiophene rings is 1. The maximum Gasteiger partial charge on any atom is 0.263 e. The first-order valence-corrected chi connectivity index (χ1v) is 7.40. The highest BCUT2D eigenvalue weighted by molar-refractivity contribution is 7.21. The first kappa shape index (κ1) is 13.2. The Hall–Kier alpha value is -1.79. The SMILES string of the molecule is COc1ccc2sc3c(c2c1)NCC[C@@H](CN)NC3=O. The normalized spacial score (nSPS) is 18.7. The van der Waals surface area contributed by atoms with Gasteiger partial charge in [-0.3, -0.25) is 4.79 Å². The van der Waals surface area contributed by atoms with Crippen molar-refractivity contribution in [2.75, 3.05) is 25.5 Å². The van der Waals surface area contributed by atoms with Crippen LogP contribution < -0.4 is 21.1 Å². The van der Waals surface area contributed by atoms with Crippen LogP contribution in [-0.2, 0) is 0 Å². The summed E-state index contributed by atoms with van der Waals surface area (Å²) < 4.78 is 6.33. The van der Waals surface area contributed by atoms with Gasteiger partial charge >= 0.3 is 0 Å². The first-order chi connectivity index (χ1) is 9.72. The Kier molecular flexibility index (Phi) is 3.50. The van der Waals surface area contributed by atoms with Crippen LogP contribution >= 0.6 is 11.3 Å². The smallest absolute Gasteiger partial charge is 0.263 e. The number of rotatable bonds is 2. The summed E-state index contributed by atoms with van der Waals surface area (Å²) in [4.78, 5) is 13.0. The Morgan fingerprint density at radius 1 is 1.50 bits per heavy atom. The Labute approximate surface area is 121 Å². The average molecular weight is 291 g/mol. The molecule has 0 spiro atoms. The number of carbonyl (C=O) groups excluding carboxylic acids is 1. The van der Waals surface area contributed by atoms with Crippen LogP contribution in [0.5, 0.6) is 5.75 Å². The van der Waals surface area contributed by atoms with E-state index in [-0.39, 0.29) is 11.9 Å². The molecule has 0 unspecified atom stereocenters. The Morgan fingerprint density at radius 2 is 2.35 bits per heavy atom. The third-order valence-electron chi connectivity index (χ3n) is 3.52. The highest BCUT2D eigenvalue weighted by Gasteiger charge is 2.23. The average Bonchev–Trinajstić information content (AvgIpc) is 2.81. The summed E-state index contributed by atoms with van der Waals surface area (Å²) >= 11 is 1.49. The lowest BCUT2D eigenvalue weighted by Gasteiger charge is -2.20. The van der Waals surface area contributed by atoms with Crippen molar-refractivity contribution >= 4 is 33.0 Å². The fourth-order valence-electron chi connectivity index (χ4n) is 2.41. The summed E-state index contributed by atoms with van der Waals surface area (Å²) in [6.45, 7) is 1.25. The van der Waals surface area contributed by atoms with Crippen molar-refractivity contribution in [1.82, 2.24) is 5.32 Å². The van der Waals surface area contributed by atoms with E-state index < -0.39 is 0 Å². The number of nitrogens with one attached hydrogen (secondary N) is 2. The van der Waals surface area contributed by atoms with Crippen LogP contribution in [0.15, 0.2) is 18.2 Å². The second-order valence-corrected chi connectivity index (χ2v) is 5.84. The number of amides is 1. The number of ether oxygens (including phenoxy) is 1. The van der Waals surface area contributed by atoms with Crippen LogP contribution in [0.2, 0.25) is 0 Å². The maximum absolute atomic E-state index is 12.3. The standard InChI is InChI=1S/C14H17N3O2S/c1-19-9-2-3-11-10(6-9)12-13(20-11)14(18)17-8(7-15)4-5-16-12/h2-3,6,8,16H,4-5,7,15H2,1H3,(H,17,18)/t8-/m0/s1. The molecular formula is C14H17N3O2S. The van der Waals surface area contributed by atoms with Crippen molar-refractivity contribution in [3.05, 3.63) is 23.1 Å². The molecule has 0 saturated carbocycles. The zero-order chi connectivity index (χ0) is 14.1. The van der Waals surface area contributed by atoms with Gasteiger partial charge in [-0.05, 0) is 24.6 Å². The van der Waals surface area contributed by atoms with Gasteiger partial charge in [-0.15, -0.1) is 11.3 Å². The van der Waals surface area contributed by atoms with Gasteiger partial charge < -0.3 is 21.1 Å². The lowest BCUT2D eigenvalue weighted by molar-refractivity contribution is 0.0940. The molecule has 1 aliphatic rings. The van der Waals surface area contributed by atoms with Crippen LogP contribution in [0.25, 0.3) is 10.1 Å². The summed E-state index contributed by atoms with van der Waals surface area (Å²) in [6, 6.07) is 5.89. The van der Waals surface area contributed by atoms with E-state index in [1.54, 1.807) is 7.11 Å². The molecule has 0 aliphatic carbocycles. The molecule has 0 fully saturated rings. The fourth-order valence-corrected chi connectivity index (χ4v) is 3.47. The Bertz CT molecular complexity index is 653. The largest absolute Gasteiger partial charge is 0.497 e. The second-order valence-electron chi connectivity index (χ2n) is 4.79. The van der Waals surface area contributed by atoms with E-state index in [9.17, 15) is 4.79 Å². The molecule has 2 heterocycles.